The van der Waals surface area contributed by atoms with Crippen molar-refractivity contribution < 1.29 is 19.0 Å². The summed E-state index contributed by atoms with van der Waals surface area (Å²) in [5, 5.41) is 22.6. The number of carbonyl (C=O) groups is 1. The maximum atomic E-state index is 14.1. The summed E-state index contributed by atoms with van der Waals surface area (Å²) in [7, 11) is 3.73. The summed E-state index contributed by atoms with van der Waals surface area (Å²) in [5.41, 5.74) is -1.24. The maximum Gasteiger partial charge on any atom is 0.277 e. The summed E-state index contributed by atoms with van der Waals surface area (Å²) in [6, 6.07) is 7.22. The number of hydrogen-bond donors (Lipinski definition) is 0. The highest BCUT2D eigenvalue weighted by Gasteiger charge is 2.26. The molecule has 0 aliphatic rings. The van der Waals surface area contributed by atoms with E-state index in [0.29, 0.717) is 17.7 Å². The van der Waals surface area contributed by atoms with E-state index in [2.05, 4.69) is 4.98 Å². The van der Waals surface area contributed by atoms with Crippen LogP contribution in [0.25, 0.3) is 10.2 Å². The molecule has 0 spiro atoms. The summed E-state index contributed by atoms with van der Waals surface area (Å²) in [6.07, 6.45) is 0.536. The van der Waals surface area contributed by atoms with Gasteiger partial charge in [0.25, 0.3) is 17.3 Å². The van der Waals surface area contributed by atoms with Gasteiger partial charge in [-0.2, -0.15) is 0 Å². The number of halogens is 1. The highest BCUT2D eigenvalue weighted by Crippen LogP contribution is 2.32. The van der Waals surface area contributed by atoms with Gasteiger partial charge in [0.05, 0.1) is 26.2 Å². The Kier molecular flexibility index (Phi) is 6.51. The van der Waals surface area contributed by atoms with E-state index < -0.39 is 32.9 Å². The van der Waals surface area contributed by atoms with Gasteiger partial charge in [-0.1, -0.05) is 17.4 Å². The molecule has 1 aromatic heterocycles. The smallest absolute Gasteiger partial charge is 0.277 e. The van der Waals surface area contributed by atoms with Gasteiger partial charge in [-0.05, 0) is 39.2 Å². The predicted molar refractivity (Wildman–Crippen MR) is 114 cm³/mol. The predicted octanol–water partition coefficient (Wildman–Crippen LogP) is 3.85. The van der Waals surface area contributed by atoms with Crippen molar-refractivity contribution in [2.45, 2.75) is 6.42 Å². The third kappa shape index (κ3) is 4.98. The van der Waals surface area contributed by atoms with Crippen molar-refractivity contribution in [3.8, 4) is 0 Å². The van der Waals surface area contributed by atoms with E-state index in [1.165, 1.54) is 17.0 Å². The molecule has 0 unspecified atom stereocenters. The van der Waals surface area contributed by atoms with E-state index in [9.17, 15) is 29.4 Å². The minimum absolute atomic E-state index is 0.109. The number of thiazole rings is 1. The van der Waals surface area contributed by atoms with Crippen molar-refractivity contribution in [2.24, 2.45) is 0 Å². The first-order valence-electron chi connectivity index (χ1n) is 9.13. The quantitative estimate of drug-likeness (QED) is 0.379. The summed E-state index contributed by atoms with van der Waals surface area (Å²) < 4.78 is 14.6. The Hall–Kier alpha value is -3.51. The lowest BCUT2D eigenvalue weighted by Crippen LogP contribution is -2.33. The van der Waals surface area contributed by atoms with Crippen LogP contribution in [0.4, 0.5) is 20.9 Å². The third-order valence-electron chi connectivity index (χ3n) is 4.39. The fourth-order valence-electron chi connectivity index (χ4n) is 2.93. The Morgan fingerprint density at radius 3 is 2.29 bits per heavy atom. The van der Waals surface area contributed by atoms with Crippen molar-refractivity contribution in [3.63, 3.8) is 0 Å². The number of hydrogen-bond acceptors (Lipinski definition) is 8. The van der Waals surface area contributed by atoms with Crippen molar-refractivity contribution in [3.05, 3.63) is 68.0 Å². The molecule has 1 amide bonds. The molecule has 0 aliphatic carbocycles. The first-order valence-corrected chi connectivity index (χ1v) is 9.94. The molecule has 12 heteroatoms. The molecule has 0 bridgehead atoms. The van der Waals surface area contributed by atoms with Crippen LogP contribution in [0.15, 0.2) is 36.4 Å². The standard InChI is InChI=1S/C19H18FN5O5S/c1-22(2)7-4-8-23(19-21-17-15(20)5-3-6-16(17)31-19)18(26)12-9-13(24(27)28)11-14(10-12)25(29)30/h3,5-6,9-11H,4,7-8H2,1-2H3. The summed E-state index contributed by atoms with van der Waals surface area (Å²) in [5.74, 6) is -1.23. The van der Waals surface area contributed by atoms with Crippen molar-refractivity contribution in [2.75, 3.05) is 32.1 Å². The second-order valence-electron chi connectivity index (χ2n) is 6.95. The largest absolute Gasteiger partial charge is 0.309 e. The topological polar surface area (TPSA) is 123 Å². The highest BCUT2D eigenvalue weighted by molar-refractivity contribution is 7.22. The molecule has 1 heterocycles. The number of anilines is 1. The van der Waals surface area contributed by atoms with Crippen LogP contribution in [0, 0.1) is 26.0 Å². The van der Waals surface area contributed by atoms with E-state index >= 15 is 0 Å². The Balaban J connectivity index is 2.06. The molecule has 0 aliphatic heterocycles. The van der Waals surface area contributed by atoms with Gasteiger partial charge in [-0.15, -0.1) is 0 Å². The van der Waals surface area contributed by atoms with Gasteiger partial charge < -0.3 is 4.90 Å². The van der Waals surface area contributed by atoms with Crippen molar-refractivity contribution >= 4 is 44.0 Å². The first kappa shape index (κ1) is 22.2. The molecule has 10 nitrogen and oxygen atoms in total. The van der Waals surface area contributed by atoms with E-state index in [0.717, 1.165) is 29.5 Å². The minimum Gasteiger partial charge on any atom is -0.309 e. The van der Waals surface area contributed by atoms with E-state index in [1.807, 2.05) is 19.0 Å². The van der Waals surface area contributed by atoms with Crippen molar-refractivity contribution in [1.29, 1.82) is 0 Å². The lowest BCUT2D eigenvalue weighted by Gasteiger charge is -2.21. The van der Waals surface area contributed by atoms with Gasteiger partial charge in [0.15, 0.2) is 5.13 Å². The summed E-state index contributed by atoms with van der Waals surface area (Å²) in [6.45, 7) is 0.826. The van der Waals surface area contributed by atoms with Crippen LogP contribution < -0.4 is 4.90 Å². The Morgan fingerprint density at radius 2 is 1.74 bits per heavy atom. The fraction of sp³-hybridized carbons (Fsp3) is 0.263. The fourth-order valence-corrected chi connectivity index (χ4v) is 3.94. The van der Waals surface area contributed by atoms with Gasteiger partial charge >= 0.3 is 0 Å². The Morgan fingerprint density at radius 1 is 1.10 bits per heavy atom. The molecule has 31 heavy (non-hydrogen) atoms. The molecule has 0 N–H and O–H groups in total. The second-order valence-corrected chi connectivity index (χ2v) is 7.96. The second kappa shape index (κ2) is 9.10. The van der Waals surface area contributed by atoms with E-state index in [-0.39, 0.29) is 22.8 Å². The summed E-state index contributed by atoms with van der Waals surface area (Å²) in [4.78, 5) is 41.5. The van der Waals surface area contributed by atoms with Gasteiger partial charge in [-0.3, -0.25) is 29.9 Å². The van der Waals surface area contributed by atoms with Crippen LogP contribution >= 0.6 is 11.3 Å². The number of non-ortho nitro benzene ring substituents is 2. The Bertz CT molecular complexity index is 1130. The van der Waals surface area contributed by atoms with Crippen molar-refractivity contribution in [1.82, 2.24) is 9.88 Å². The van der Waals surface area contributed by atoms with Crippen LogP contribution in [-0.2, 0) is 0 Å². The van der Waals surface area contributed by atoms with Gasteiger partial charge in [0.1, 0.15) is 11.3 Å². The van der Waals surface area contributed by atoms with Crippen LogP contribution in [0.2, 0.25) is 0 Å². The number of para-hydroxylation sites is 1. The number of carbonyl (C=O) groups excluding carboxylic acids is 1. The number of fused-ring (bicyclic) bond motifs is 1. The number of amides is 1. The molecule has 0 saturated carbocycles. The molecular weight excluding hydrogens is 429 g/mol. The van der Waals surface area contributed by atoms with Crippen LogP contribution in [0.3, 0.4) is 0 Å². The molecule has 0 fully saturated rings. The van der Waals surface area contributed by atoms with Gasteiger partial charge in [0, 0.05) is 18.7 Å². The molecule has 0 atom stereocenters. The zero-order chi connectivity index (χ0) is 22.7. The number of nitro groups is 2. The van der Waals surface area contributed by atoms with Gasteiger partial charge in [-0.25, -0.2) is 9.37 Å². The monoisotopic (exact) mass is 447 g/mol. The number of nitro benzene ring substituents is 2. The lowest BCUT2D eigenvalue weighted by molar-refractivity contribution is -0.394. The third-order valence-corrected chi connectivity index (χ3v) is 5.44. The minimum atomic E-state index is -0.798. The lowest BCUT2D eigenvalue weighted by atomic mass is 10.1. The zero-order valence-electron chi connectivity index (χ0n) is 16.6. The van der Waals surface area contributed by atoms with Crippen LogP contribution in [-0.4, -0.2) is 52.8 Å². The highest BCUT2D eigenvalue weighted by atomic mass is 32.1. The first-order chi connectivity index (χ1) is 14.7. The number of rotatable bonds is 8. The molecule has 3 aromatic rings. The summed E-state index contributed by atoms with van der Waals surface area (Å²) >= 11 is 1.10. The average molecular weight is 447 g/mol. The van der Waals surface area contributed by atoms with Gasteiger partial charge in [0.2, 0.25) is 0 Å². The van der Waals surface area contributed by atoms with E-state index in [4.69, 9.17) is 0 Å². The molecule has 0 saturated heterocycles. The molecule has 3 rings (SSSR count). The Labute approximate surface area is 179 Å². The van der Waals surface area contributed by atoms with Crippen LogP contribution in [0.1, 0.15) is 16.8 Å². The molecule has 2 aromatic carbocycles. The number of nitrogens with zero attached hydrogens (tertiary/aromatic N) is 5. The number of aromatic nitrogens is 1. The number of benzene rings is 2. The molecule has 162 valence electrons. The molecular formula is C19H18FN5O5S. The van der Waals surface area contributed by atoms with Crippen LogP contribution in [0.5, 0.6) is 0 Å². The van der Waals surface area contributed by atoms with E-state index in [1.54, 1.807) is 6.07 Å². The zero-order valence-corrected chi connectivity index (χ0v) is 17.5. The SMILES string of the molecule is CN(C)CCCN(C(=O)c1cc([N+](=O)[O-])cc([N+](=O)[O-])c1)c1nc2c(F)cccc2s1. The average Bonchev–Trinajstić information content (AvgIpc) is 3.15. The normalized spacial score (nSPS) is 11.1. The molecule has 0 radical (unpaired) electrons. The maximum absolute atomic E-state index is 14.1.